The fourth-order valence-corrected chi connectivity index (χ4v) is 3.85. The quantitative estimate of drug-likeness (QED) is 0.479. The minimum Gasteiger partial charge on any atom is -0.391 e. The Balaban J connectivity index is 2.39. The second-order valence-corrected chi connectivity index (χ2v) is 6.08. The summed E-state index contributed by atoms with van der Waals surface area (Å²) in [6.07, 6.45) is 8.17. The van der Waals surface area contributed by atoms with Crippen molar-refractivity contribution in [3.05, 3.63) is 11.6 Å². The number of fused-ring (bicyclic) bond motifs is 2. The molecule has 4 atom stereocenters. The van der Waals surface area contributed by atoms with Crippen molar-refractivity contribution < 1.29 is 9.84 Å². The molecule has 0 aromatic carbocycles. The molecule has 1 aliphatic heterocycles. The van der Waals surface area contributed by atoms with Crippen LogP contribution in [0.1, 0.15) is 26.7 Å². The molecule has 16 heavy (non-hydrogen) atoms. The Morgan fingerprint density at radius 2 is 2.50 bits per heavy atom. The van der Waals surface area contributed by atoms with Gasteiger partial charge in [0.2, 0.25) is 0 Å². The van der Waals surface area contributed by atoms with Gasteiger partial charge in [0.05, 0.1) is 28.6 Å². The molecule has 1 saturated heterocycles. The average Bonchev–Trinajstić information content (AvgIpc) is 2.38. The molecule has 1 heterocycles. The Kier molecular flexibility index (Phi) is 2.94. The predicted octanol–water partition coefficient (Wildman–Crippen LogP) is 2.26. The van der Waals surface area contributed by atoms with E-state index >= 15 is 0 Å². The lowest BCUT2D eigenvalue weighted by atomic mass is 9.69. The van der Waals surface area contributed by atoms with Crippen LogP contribution in [0, 0.1) is 17.8 Å². The number of hydrogen-bond acceptors (Lipinski definition) is 2. The molecule has 0 radical (unpaired) electrons. The molecule has 2 bridgehead atoms. The van der Waals surface area contributed by atoms with Crippen LogP contribution in [-0.4, -0.2) is 28.2 Å². The van der Waals surface area contributed by atoms with Gasteiger partial charge >= 0.3 is 0 Å². The highest BCUT2D eigenvalue weighted by Crippen LogP contribution is 2.54. The van der Waals surface area contributed by atoms with E-state index in [1.807, 2.05) is 0 Å². The second-order valence-electron chi connectivity index (χ2n) is 5.17. The molecule has 1 N–H and O–H groups in total. The fraction of sp³-hybridized carbons (Fsp3) is 0.692. The van der Waals surface area contributed by atoms with Gasteiger partial charge in [0.25, 0.3) is 0 Å². The second kappa shape index (κ2) is 3.87. The third kappa shape index (κ3) is 1.55. The summed E-state index contributed by atoms with van der Waals surface area (Å²) in [7, 11) is 0. The molecule has 0 aromatic heterocycles. The molecule has 1 fully saturated rings. The van der Waals surface area contributed by atoms with Crippen LogP contribution in [-0.2, 0) is 4.74 Å². The Morgan fingerprint density at radius 3 is 3.12 bits per heavy atom. The van der Waals surface area contributed by atoms with Crippen LogP contribution in [0.4, 0.5) is 0 Å². The molecule has 2 rings (SSSR count). The lowest BCUT2D eigenvalue weighted by Gasteiger charge is -2.40. The van der Waals surface area contributed by atoms with Gasteiger partial charge in [0.1, 0.15) is 0 Å². The van der Waals surface area contributed by atoms with Gasteiger partial charge in [0, 0.05) is 6.42 Å². The van der Waals surface area contributed by atoms with Crippen molar-refractivity contribution in [2.75, 3.05) is 6.61 Å². The van der Waals surface area contributed by atoms with E-state index in [1.54, 1.807) is 0 Å². The Bertz CT molecular complexity index is 371. The van der Waals surface area contributed by atoms with Crippen LogP contribution < -0.4 is 0 Å². The smallest absolute Gasteiger partial charge is 0.0826 e. The molecule has 0 amide bonds. The zero-order valence-electron chi connectivity index (χ0n) is 9.66. The molecule has 3 heteroatoms. The minimum absolute atomic E-state index is 0.125. The van der Waals surface area contributed by atoms with Crippen LogP contribution in [0.15, 0.2) is 11.6 Å². The summed E-state index contributed by atoms with van der Waals surface area (Å²) < 4.78 is 5.89. The fourth-order valence-electron chi connectivity index (χ4n) is 2.99. The van der Waals surface area contributed by atoms with Gasteiger partial charge in [0.15, 0.2) is 0 Å². The maximum absolute atomic E-state index is 10.3. The molecule has 2 aliphatic rings. The molecule has 0 spiro atoms. The van der Waals surface area contributed by atoms with E-state index in [4.69, 9.17) is 11.2 Å². The van der Waals surface area contributed by atoms with Crippen molar-refractivity contribution in [1.82, 2.24) is 0 Å². The number of halogens is 1. The summed E-state index contributed by atoms with van der Waals surface area (Å²) in [5.74, 6) is 2.53. The third-order valence-electron chi connectivity index (χ3n) is 3.74. The van der Waals surface area contributed by atoms with Gasteiger partial charge < -0.3 is 9.84 Å². The first-order valence-electron chi connectivity index (χ1n) is 5.52. The summed E-state index contributed by atoms with van der Waals surface area (Å²) >= 11 is 3.69. The normalized spacial score (nSPS) is 43.7. The van der Waals surface area contributed by atoms with Crippen molar-refractivity contribution in [2.45, 2.75) is 43.2 Å². The van der Waals surface area contributed by atoms with Crippen molar-refractivity contribution >= 4 is 15.9 Å². The molecule has 0 saturated carbocycles. The summed E-state index contributed by atoms with van der Waals surface area (Å²) in [5.41, 5.74) is 0.699. The molecule has 0 unspecified atom stereocenters. The summed E-state index contributed by atoms with van der Waals surface area (Å²) in [4.78, 5) is 0.125. The van der Waals surface area contributed by atoms with Gasteiger partial charge in [-0.05, 0) is 20.3 Å². The van der Waals surface area contributed by atoms with E-state index in [0.717, 1.165) is 6.42 Å². The predicted molar refractivity (Wildman–Crippen MR) is 67.3 cm³/mol. The molecular weight excluding hydrogens is 268 g/mol. The number of aliphatic hydroxyl groups excluding tert-OH is 1. The zero-order valence-corrected chi connectivity index (χ0v) is 11.3. The topological polar surface area (TPSA) is 29.5 Å². The van der Waals surface area contributed by atoms with E-state index < -0.39 is 6.10 Å². The molecule has 2 nitrogen and oxygen atoms in total. The maximum Gasteiger partial charge on any atom is 0.0826 e. The first-order chi connectivity index (χ1) is 7.44. The van der Waals surface area contributed by atoms with Crippen molar-refractivity contribution in [3.63, 3.8) is 0 Å². The summed E-state index contributed by atoms with van der Waals surface area (Å²) in [6.45, 7) is 4.72. The highest BCUT2D eigenvalue weighted by molar-refractivity contribution is 9.09. The van der Waals surface area contributed by atoms with E-state index in [2.05, 4.69) is 41.8 Å². The van der Waals surface area contributed by atoms with Gasteiger partial charge in [-0.1, -0.05) is 27.6 Å². The first-order valence-corrected chi connectivity index (χ1v) is 6.44. The SMILES string of the molecule is C#CC[C@@H](O)[C@]12C=C(C)C[C@](C)(OC1)[C@H]2Br. The average molecular weight is 285 g/mol. The Hall–Kier alpha value is -0.300. The standard InChI is InChI=1S/C13H17BrO2/c1-4-5-10(15)13-7-9(2)6-12(3,11(13)14)16-8-13/h1,7,10-11,15H,5-6,8H2,2-3H3/t10-,11-,12+,13+/m1/s1. The lowest BCUT2D eigenvalue weighted by molar-refractivity contribution is 0.0153. The highest BCUT2D eigenvalue weighted by Gasteiger charge is 2.59. The summed E-state index contributed by atoms with van der Waals surface area (Å²) in [6, 6.07) is 0. The van der Waals surface area contributed by atoms with Crippen molar-refractivity contribution in [1.29, 1.82) is 0 Å². The highest BCUT2D eigenvalue weighted by atomic mass is 79.9. The maximum atomic E-state index is 10.3. The van der Waals surface area contributed by atoms with Crippen LogP contribution in [0.3, 0.4) is 0 Å². The number of hydrogen-bond donors (Lipinski definition) is 1. The van der Waals surface area contributed by atoms with Crippen LogP contribution in [0.5, 0.6) is 0 Å². The van der Waals surface area contributed by atoms with Gasteiger partial charge in [-0.2, -0.15) is 0 Å². The van der Waals surface area contributed by atoms with Crippen molar-refractivity contribution in [2.24, 2.45) is 5.41 Å². The van der Waals surface area contributed by atoms with Crippen LogP contribution in [0.25, 0.3) is 0 Å². The van der Waals surface area contributed by atoms with Gasteiger partial charge in [-0.15, -0.1) is 12.3 Å². The van der Waals surface area contributed by atoms with Crippen LogP contribution in [0.2, 0.25) is 0 Å². The Labute approximate surface area is 105 Å². The van der Waals surface area contributed by atoms with E-state index in [-0.39, 0.29) is 15.8 Å². The van der Waals surface area contributed by atoms with E-state index in [1.165, 1.54) is 5.57 Å². The lowest BCUT2D eigenvalue weighted by Crippen LogP contribution is -2.48. The number of ether oxygens (including phenoxy) is 1. The number of terminal acetylenes is 1. The molecule has 88 valence electrons. The minimum atomic E-state index is -0.543. The zero-order chi connectivity index (χ0) is 12.0. The van der Waals surface area contributed by atoms with E-state index in [0.29, 0.717) is 13.0 Å². The van der Waals surface area contributed by atoms with Crippen LogP contribution >= 0.6 is 15.9 Å². The number of rotatable bonds is 2. The third-order valence-corrected chi connectivity index (χ3v) is 5.56. The molecule has 0 aromatic rings. The largest absolute Gasteiger partial charge is 0.391 e. The number of alkyl halides is 1. The molecular formula is C13H17BrO2. The first kappa shape index (κ1) is 12.2. The van der Waals surface area contributed by atoms with Gasteiger partial charge in [-0.25, -0.2) is 0 Å². The van der Waals surface area contributed by atoms with Crippen molar-refractivity contribution in [3.8, 4) is 12.3 Å². The number of aliphatic hydroxyl groups is 1. The Morgan fingerprint density at radius 1 is 1.81 bits per heavy atom. The van der Waals surface area contributed by atoms with E-state index in [9.17, 15) is 5.11 Å². The van der Waals surface area contributed by atoms with Gasteiger partial charge in [-0.3, -0.25) is 0 Å². The monoisotopic (exact) mass is 284 g/mol. The summed E-state index contributed by atoms with van der Waals surface area (Å²) in [5, 5.41) is 10.3. The molecule has 1 aliphatic carbocycles.